The molecule has 1 saturated carbocycles. The van der Waals surface area contributed by atoms with Gasteiger partial charge in [-0.25, -0.2) is 0 Å². The second-order valence-electron chi connectivity index (χ2n) is 13.0. The van der Waals surface area contributed by atoms with Crippen molar-refractivity contribution in [3.05, 3.63) is 59.7 Å². The lowest BCUT2D eigenvalue weighted by atomic mass is 9.78. The molecule has 2 N–H and O–H groups in total. The monoisotopic (exact) mass is 640 g/mol. The first-order valence-electron chi connectivity index (χ1n) is 16.3. The summed E-state index contributed by atoms with van der Waals surface area (Å²) in [6, 6.07) is 14.2. The van der Waals surface area contributed by atoms with Crippen molar-refractivity contribution in [2.24, 2.45) is 5.92 Å². The van der Waals surface area contributed by atoms with Crippen LogP contribution >= 0.6 is 12.4 Å². The van der Waals surface area contributed by atoms with Crippen LogP contribution in [0.1, 0.15) is 80.6 Å². The number of carbonyl (C=O) groups is 3. The summed E-state index contributed by atoms with van der Waals surface area (Å²) in [4.78, 5) is 45.4. The van der Waals surface area contributed by atoms with Gasteiger partial charge < -0.3 is 25.0 Å². The van der Waals surface area contributed by atoms with Crippen LogP contribution in [0.3, 0.4) is 0 Å². The fraction of sp³-hybridized carbons (Fsp3) is 0.571. The molecule has 2 atom stereocenters. The number of halogens is 1. The van der Waals surface area contributed by atoms with E-state index in [1.807, 2.05) is 29.2 Å². The number of carbonyl (C=O) groups excluding carboxylic acids is 3. The van der Waals surface area contributed by atoms with Gasteiger partial charge in [0.15, 0.2) is 0 Å². The Morgan fingerprint density at radius 2 is 1.60 bits per heavy atom. The molecule has 3 fully saturated rings. The van der Waals surface area contributed by atoms with Gasteiger partial charge in [0.25, 0.3) is 5.91 Å². The number of nitrogens with zero attached hydrogens (tertiary/aromatic N) is 3. The Hall–Kier alpha value is -3.14. The summed E-state index contributed by atoms with van der Waals surface area (Å²) in [7, 11) is 3.46. The number of likely N-dealkylation sites (tertiary alicyclic amines) is 1. The highest BCUT2D eigenvalue weighted by molar-refractivity contribution is 6.00. The minimum absolute atomic E-state index is 0. The third-order valence-electron chi connectivity index (χ3n) is 9.72. The second-order valence-corrected chi connectivity index (χ2v) is 13.0. The average Bonchev–Trinajstić information content (AvgIpc) is 3.04. The van der Waals surface area contributed by atoms with E-state index in [1.165, 1.54) is 6.42 Å². The molecule has 0 aromatic heterocycles. The molecule has 1 aliphatic carbocycles. The van der Waals surface area contributed by atoms with E-state index >= 15 is 0 Å². The summed E-state index contributed by atoms with van der Waals surface area (Å²) in [5, 5.41) is 14.2. The van der Waals surface area contributed by atoms with Crippen molar-refractivity contribution in [2.45, 2.75) is 88.9 Å². The van der Waals surface area contributed by atoms with Crippen LogP contribution in [0.2, 0.25) is 0 Å². The molecule has 45 heavy (non-hydrogen) atoms. The predicted octanol–water partition coefficient (Wildman–Crippen LogP) is 5.01. The van der Waals surface area contributed by atoms with Crippen LogP contribution in [0.15, 0.2) is 48.5 Å². The molecule has 9 nitrogen and oxygen atoms in total. The number of aliphatic hydroxyl groups is 1. The largest absolute Gasteiger partial charge is 0.457 e. The van der Waals surface area contributed by atoms with E-state index in [4.69, 9.17) is 4.74 Å². The van der Waals surface area contributed by atoms with Crippen molar-refractivity contribution in [2.75, 3.05) is 33.7 Å². The van der Waals surface area contributed by atoms with Gasteiger partial charge in [-0.05, 0) is 80.0 Å². The topological polar surface area (TPSA) is 102 Å². The number of hydrogen-bond acceptors (Lipinski definition) is 6. The van der Waals surface area contributed by atoms with Gasteiger partial charge in [0.05, 0.1) is 6.10 Å². The maximum atomic E-state index is 13.9. The van der Waals surface area contributed by atoms with Crippen molar-refractivity contribution >= 4 is 30.1 Å². The van der Waals surface area contributed by atoms with E-state index < -0.39 is 17.7 Å². The highest BCUT2D eigenvalue weighted by Gasteiger charge is 2.55. The Kier molecular flexibility index (Phi) is 11.9. The number of piperidine rings is 1. The molecule has 0 unspecified atom stereocenters. The van der Waals surface area contributed by atoms with Gasteiger partial charge >= 0.3 is 0 Å². The maximum Gasteiger partial charge on any atom is 0.253 e. The highest BCUT2D eigenvalue weighted by Crippen LogP contribution is 2.36. The predicted molar refractivity (Wildman–Crippen MR) is 177 cm³/mol. The molecular weight excluding hydrogens is 592 g/mol. The molecule has 2 aromatic rings. The summed E-state index contributed by atoms with van der Waals surface area (Å²) in [6.07, 6.45) is 7.23. The van der Waals surface area contributed by atoms with Gasteiger partial charge in [-0.2, -0.15) is 0 Å². The molecule has 1 spiro atoms. The van der Waals surface area contributed by atoms with E-state index in [0.29, 0.717) is 49.5 Å². The highest BCUT2D eigenvalue weighted by atomic mass is 35.5. The van der Waals surface area contributed by atoms with Crippen molar-refractivity contribution < 1.29 is 24.2 Å². The van der Waals surface area contributed by atoms with Gasteiger partial charge in [0.2, 0.25) is 11.8 Å². The summed E-state index contributed by atoms with van der Waals surface area (Å²) in [5.41, 5.74) is 0.903. The second kappa shape index (κ2) is 15.4. The summed E-state index contributed by atoms with van der Waals surface area (Å²) < 4.78 is 5.99. The fourth-order valence-corrected chi connectivity index (χ4v) is 7.02. The van der Waals surface area contributed by atoms with E-state index in [2.05, 4.69) is 17.1 Å². The summed E-state index contributed by atoms with van der Waals surface area (Å²) >= 11 is 0. The van der Waals surface area contributed by atoms with Gasteiger partial charge in [-0.15, -0.1) is 12.4 Å². The molecule has 3 aliphatic rings. The first-order chi connectivity index (χ1) is 21.2. The SMILES string of the molecule is CCCCN1C(=O)[C@@H]([C@H](O)C2CCCCC2)NC(=O)C12CCN(Cc1ccc(Oc3ccc(C(=O)N(C)C)cc3)cc1)CC2.Cl. The number of aliphatic hydroxyl groups excluding tert-OH is 1. The molecule has 246 valence electrons. The zero-order chi connectivity index (χ0) is 31.3. The van der Waals surface area contributed by atoms with E-state index in [0.717, 1.165) is 50.6 Å². The smallest absolute Gasteiger partial charge is 0.253 e. The van der Waals surface area contributed by atoms with Gasteiger partial charge in [0, 0.05) is 45.8 Å². The Morgan fingerprint density at radius 1 is 1.00 bits per heavy atom. The molecule has 0 radical (unpaired) electrons. The number of unbranched alkanes of at least 4 members (excludes halogenated alkanes) is 1. The number of rotatable bonds is 10. The first kappa shape index (κ1) is 34.7. The van der Waals surface area contributed by atoms with Crippen molar-refractivity contribution in [3.8, 4) is 11.5 Å². The van der Waals surface area contributed by atoms with E-state index in [9.17, 15) is 19.5 Å². The number of amides is 3. The van der Waals surface area contributed by atoms with Crippen molar-refractivity contribution in [1.82, 2.24) is 20.0 Å². The van der Waals surface area contributed by atoms with E-state index in [1.54, 1.807) is 43.3 Å². The molecule has 5 rings (SSSR count). The number of hydrogen-bond donors (Lipinski definition) is 2. The number of ether oxygens (including phenoxy) is 1. The van der Waals surface area contributed by atoms with Crippen molar-refractivity contribution in [3.63, 3.8) is 0 Å². The van der Waals surface area contributed by atoms with Crippen LogP contribution < -0.4 is 10.1 Å². The molecule has 2 saturated heterocycles. The van der Waals surface area contributed by atoms with Gasteiger partial charge in [0.1, 0.15) is 23.1 Å². The number of piperazine rings is 1. The van der Waals surface area contributed by atoms with Crippen LogP contribution in [0.5, 0.6) is 11.5 Å². The van der Waals surface area contributed by atoms with Crippen LogP contribution in [0.4, 0.5) is 0 Å². The van der Waals surface area contributed by atoms with E-state index in [-0.39, 0.29) is 36.0 Å². The molecule has 0 bridgehead atoms. The fourth-order valence-electron chi connectivity index (χ4n) is 7.02. The summed E-state index contributed by atoms with van der Waals surface area (Å²) in [5.74, 6) is 1.18. The maximum absolute atomic E-state index is 13.9. The van der Waals surface area contributed by atoms with Crippen LogP contribution in [-0.4, -0.2) is 88.9 Å². The zero-order valence-electron chi connectivity index (χ0n) is 26.9. The Balaban J connectivity index is 0.00000461. The normalized spacial score (nSPS) is 21.2. The van der Waals surface area contributed by atoms with Crippen LogP contribution in [-0.2, 0) is 16.1 Å². The lowest BCUT2D eigenvalue weighted by molar-refractivity contribution is -0.166. The Morgan fingerprint density at radius 3 is 2.18 bits per heavy atom. The molecule has 2 aliphatic heterocycles. The minimum Gasteiger partial charge on any atom is -0.457 e. The number of benzene rings is 2. The third kappa shape index (κ3) is 7.81. The average molecular weight is 641 g/mol. The Bertz CT molecular complexity index is 1290. The summed E-state index contributed by atoms with van der Waals surface area (Å²) in [6.45, 7) is 4.79. The quantitative estimate of drug-likeness (QED) is 0.379. The minimum atomic E-state index is -0.851. The van der Waals surface area contributed by atoms with Gasteiger partial charge in [-0.1, -0.05) is 44.7 Å². The zero-order valence-corrected chi connectivity index (χ0v) is 27.7. The van der Waals surface area contributed by atoms with Crippen LogP contribution in [0.25, 0.3) is 0 Å². The number of nitrogens with one attached hydrogen (secondary N) is 1. The van der Waals surface area contributed by atoms with Crippen molar-refractivity contribution in [1.29, 1.82) is 0 Å². The molecule has 3 amide bonds. The van der Waals surface area contributed by atoms with Crippen LogP contribution in [0, 0.1) is 5.92 Å². The first-order valence-corrected chi connectivity index (χ1v) is 16.3. The molecule has 2 heterocycles. The lowest BCUT2D eigenvalue weighted by Gasteiger charge is -2.52. The molecule has 10 heteroatoms. The molecule has 2 aromatic carbocycles. The molecular formula is C35H49ClN4O5. The lowest BCUT2D eigenvalue weighted by Crippen LogP contribution is -2.75. The van der Waals surface area contributed by atoms with Gasteiger partial charge in [-0.3, -0.25) is 19.3 Å². The Labute approximate surface area is 273 Å². The third-order valence-corrected chi connectivity index (χ3v) is 9.72. The standard InChI is InChI=1S/C35H48N4O5.ClH/c1-4-5-21-39-33(42)30(31(40)26-9-7-6-8-10-26)36-34(43)35(39)19-22-38(23-20-35)24-25-11-15-28(16-12-25)44-29-17-13-27(14-18-29)32(41)37(2)3;/h11-18,26,30-31,40H,4-10,19-24H2,1-3H3,(H,36,43);1H/t30-,31-;/m1./s1.